The molecule has 1 aliphatic heterocycles. The number of H-pyrrole nitrogens is 1. The van der Waals surface area contributed by atoms with E-state index in [9.17, 15) is 10.1 Å². The molecule has 0 spiro atoms. The van der Waals surface area contributed by atoms with Gasteiger partial charge in [-0.05, 0) is 18.6 Å². The van der Waals surface area contributed by atoms with E-state index in [2.05, 4.69) is 26.0 Å². The molecule has 3 aromatic rings. The SMILES string of the molecule is N#Cc1c(N2CC[C@@H](n3cccn3)C2)c2ccncc2[nH]c1=O. The van der Waals surface area contributed by atoms with E-state index in [1.54, 1.807) is 18.6 Å². The zero-order chi connectivity index (χ0) is 15.8. The summed E-state index contributed by atoms with van der Waals surface area (Å²) in [4.78, 5) is 21.1. The molecule has 3 aromatic heterocycles. The molecular formula is C16H14N6O. The molecular weight excluding hydrogens is 292 g/mol. The topological polar surface area (TPSA) is 90.6 Å². The summed E-state index contributed by atoms with van der Waals surface area (Å²) in [7, 11) is 0. The van der Waals surface area contributed by atoms with Gasteiger partial charge in [0.25, 0.3) is 5.56 Å². The second-order valence-electron chi connectivity index (χ2n) is 5.59. The highest BCUT2D eigenvalue weighted by Gasteiger charge is 2.28. The Hall–Kier alpha value is -3.14. The molecule has 23 heavy (non-hydrogen) atoms. The summed E-state index contributed by atoms with van der Waals surface area (Å²) in [6, 6.07) is 6.03. The number of aromatic nitrogens is 4. The Morgan fingerprint density at radius 1 is 1.39 bits per heavy atom. The van der Waals surface area contributed by atoms with Crippen molar-refractivity contribution in [3.8, 4) is 6.07 Å². The number of nitrogens with zero attached hydrogens (tertiary/aromatic N) is 5. The van der Waals surface area contributed by atoms with Crippen molar-refractivity contribution in [1.29, 1.82) is 5.26 Å². The van der Waals surface area contributed by atoms with E-state index < -0.39 is 0 Å². The van der Waals surface area contributed by atoms with Crippen LogP contribution in [0.15, 0.2) is 41.7 Å². The van der Waals surface area contributed by atoms with Gasteiger partial charge in [0.05, 0.1) is 23.4 Å². The van der Waals surface area contributed by atoms with Gasteiger partial charge >= 0.3 is 0 Å². The smallest absolute Gasteiger partial charge is 0.268 e. The molecule has 7 nitrogen and oxygen atoms in total. The predicted octanol–water partition coefficient (Wildman–Crippen LogP) is 1.44. The molecule has 114 valence electrons. The minimum absolute atomic E-state index is 0.157. The quantitative estimate of drug-likeness (QED) is 0.773. The molecule has 1 atom stereocenters. The van der Waals surface area contributed by atoms with E-state index in [1.165, 1.54) is 0 Å². The van der Waals surface area contributed by atoms with Gasteiger partial charge in [-0.3, -0.25) is 14.5 Å². The monoisotopic (exact) mass is 306 g/mol. The lowest BCUT2D eigenvalue weighted by atomic mass is 10.1. The molecule has 4 heterocycles. The van der Waals surface area contributed by atoms with Gasteiger partial charge in [-0.2, -0.15) is 10.4 Å². The number of fused-ring (bicyclic) bond motifs is 1. The Bertz CT molecular complexity index is 953. The van der Waals surface area contributed by atoms with Gasteiger partial charge < -0.3 is 9.88 Å². The van der Waals surface area contributed by atoms with Gasteiger partial charge in [0.2, 0.25) is 0 Å². The van der Waals surface area contributed by atoms with Gasteiger partial charge in [-0.1, -0.05) is 0 Å². The lowest BCUT2D eigenvalue weighted by Gasteiger charge is -2.21. The Labute approximate surface area is 131 Å². The molecule has 1 fully saturated rings. The Morgan fingerprint density at radius 3 is 3.09 bits per heavy atom. The molecule has 0 aromatic carbocycles. The molecule has 0 aliphatic carbocycles. The summed E-state index contributed by atoms with van der Waals surface area (Å²) < 4.78 is 1.93. The third-order valence-electron chi connectivity index (χ3n) is 4.28. The minimum Gasteiger partial charge on any atom is -0.368 e. The number of aromatic amines is 1. The maximum Gasteiger partial charge on any atom is 0.268 e. The highest BCUT2D eigenvalue weighted by molar-refractivity contribution is 5.94. The van der Waals surface area contributed by atoms with Crippen molar-refractivity contribution in [3.63, 3.8) is 0 Å². The Balaban J connectivity index is 1.83. The van der Waals surface area contributed by atoms with Crippen molar-refractivity contribution in [1.82, 2.24) is 19.7 Å². The number of rotatable bonds is 2. The Kier molecular flexibility index (Phi) is 3.08. The molecule has 1 N–H and O–H groups in total. The van der Waals surface area contributed by atoms with Gasteiger partial charge in [-0.15, -0.1) is 0 Å². The largest absolute Gasteiger partial charge is 0.368 e. The van der Waals surface area contributed by atoms with Crippen LogP contribution in [0.1, 0.15) is 18.0 Å². The van der Waals surface area contributed by atoms with Crippen LogP contribution in [0.4, 0.5) is 5.69 Å². The fourth-order valence-electron chi connectivity index (χ4n) is 3.22. The summed E-state index contributed by atoms with van der Waals surface area (Å²) in [5.74, 6) is 0. The number of hydrogen-bond donors (Lipinski definition) is 1. The zero-order valence-electron chi connectivity index (χ0n) is 12.3. The van der Waals surface area contributed by atoms with Crippen molar-refractivity contribution < 1.29 is 0 Å². The van der Waals surface area contributed by atoms with Crippen LogP contribution >= 0.6 is 0 Å². The van der Waals surface area contributed by atoms with Gasteiger partial charge in [0.1, 0.15) is 11.6 Å². The third-order valence-corrected chi connectivity index (χ3v) is 4.28. The van der Waals surface area contributed by atoms with Crippen molar-refractivity contribution in [2.24, 2.45) is 0 Å². The van der Waals surface area contributed by atoms with E-state index in [4.69, 9.17) is 0 Å². The first-order valence-electron chi connectivity index (χ1n) is 7.42. The van der Waals surface area contributed by atoms with E-state index in [1.807, 2.05) is 23.0 Å². The van der Waals surface area contributed by atoms with E-state index >= 15 is 0 Å². The standard InChI is InChI=1S/C16H14N6O/c17-8-13-15(12-2-5-18-9-14(12)20-16(13)23)21-7-3-11(10-21)22-6-1-4-19-22/h1-2,4-6,9,11H,3,7,10H2,(H,20,23)/t11-/m1/s1. The number of nitriles is 1. The van der Waals surface area contributed by atoms with Crippen LogP contribution < -0.4 is 10.5 Å². The van der Waals surface area contributed by atoms with Crippen LogP contribution in [0.2, 0.25) is 0 Å². The summed E-state index contributed by atoms with van der Waals surface area (Å²) in [5, 5.41) is 14.6. The predicted molar refractivity (Wildman–Crippen MR) is 85.2 cm³/mol. The summed E-state index contributed by atoms with van der Waals surface area (Å²) in [6.07, 6.45) is 7.91. The van der Waals surface area contributed by atoms with E-state index in [0.29, 0.717) is 11.2 Å². The van der Waals surface area contributed by atoms with Gasteiger partial charge in [0, 0.05) is 37.1 Å². The van der Waals surface area contributed by atoms with Crippen LogP contribution in [0, 0.1) is 11.3 Å². The second kappa shape index (κ2) is 5.25. The molecule has 0 bridgehead atoms. The fraction of sp³-hybridized carbons (Fsp3) is 0.250. The first-order valence-corrected chi connectivity index (χ1v) is 7.42. The Morgan fingerprint density at radius 2 is 2.30 bits per heavy atom. The molecule has 0 unspecified atom stereocenters. The highest BCUT2D eigenvalue weighted by atomic mass is 16.1. The summed E-state index contributed by atoms with van der Waals surface area (Å²) in [5.41, 5.74) is 1.13. The normalized spacial score (nSPS) is 17.5. The summed E-state index contributed by atoms with van der Waals surface area (Å²) in [6.45, 7) is 1.50. The first kappa shape index (κ1) is 13.5. The second-order valence-corrected chi connectivity index (χ2v) is 5.59. The van der Waals surface area contributed by atoms with Crippen LogP contribution in [-0.2, 0) is 0 Å². The molecule has 0 saturated carbocycles. The average molecular weight is 306 g/mol. The molecule has 1 saturated heterocycles. The number of nitrogens with one attached hydrogen (secondary N) is 1. The zero-order valence-corrected chi connectivity index (χ0v) is 12.3. The van der Waals surface area contributed by atoms with Crippen molar-refractivity contribution >= 4 is 16.6 Å². The third kappa shape index (κ3) is 2.16. The maximum absolute atomic E-state index is 12.2. The molecule has 1 aliphatic rings. The van der Waals surface area contributed by atoms with E-state index in [0.717, 1.165) is 24.9 Å². The van der Waals surface area contributed by atoms with Crippen LogP contribution in [0.5, 0.6) is 0 Å². The molecule has 0 amide bonds. The van der Waals surface area contributed by atoms with E-state index in [-0.39, 0.29) is 17.2 Å². The minimum atomic E-state index is -0.370. The molecule has 4 rings (SSSR count). The molecule has 0 radical (unpaired) electrons. The van der Waals surface area contributed by atoms with Crippen LogP contribution in [0.25, 0.3) is 10.9 Å². The van der Waals surface area contributed by atoms with Crippen molar-refractivity contribution in [2.75, 3.05) is 18.0 Å². The van der Waals surface area contributed by atoms with Crippen LogP contribution in [-0.4, -0.2) is 32.8 Å². The van der Waals surface area contributed by atoms with Crippen LogP contribution in [0.3, 0.4) is 0 Å². The number of anilines is 1. The maximum atomic E-state index is 12.2. The first-order chi connectivity index (χ1) is 11.3. The lowest BCUT2D eigenvalue weighted by molar-refractivity contribution is 0.495. The number of pyridine rings is 2. The van der Waals surface area contributed by atoms with Crippen molar-refractivity contribution in [2.45, 2.75) is 12.5 Å². The average Bonchev–Trinajstić information content (AvgIpc) is 3.24. The number of hydrogen-bond acceptors (Lipinski definition) is 5. The molecule has 7 heteroatoms. The summed E-state index contributed by atoms with van der Waals surface area (Å²) >= 11 is 0. The van der Waals surface area contributed by atoms with Crippen molar-refractivity contribution in [3.05, 3.63) is 52.8 Å². The highest BCUT2D eigenvalue weighted by Crippen LogP contribution is 2.32. The van der Waals surface area contributed by atoms with Gasteiger partial charge in [0.15, 0.2) is 0 Å². The van der Waals surface area contributed by atoms with Gasteiger partial charge in [-0.25, -0.2) is 0 Å². The fourth-order valence-corrected chi connectivity index (χ4v) is 3.22. The lowest BCUT2D eigenvalue weighted by Crippen LogP contribution is -2.25.